The first kappa shape index (κ1) is 16.7. The van der Waals surface area contributed by atoms with Crippen LogP contribution in [0.1, 0.15) is 30.7 Å². The minimum absolute atomic E-state index is 0.125. The van der Waals surface area contributed by atoms with Crippen LogP contribution in [0.5, 0.6) is 0 Å². The Bertz CT molecular complexity index is 991. The summed E-state index contributed by atoms with van der Waals surface area (Å²) in [4.78, 5) is 0.125. The summed E-state index contributed by atoms with van der Waals surface area (Å²) in [6.45, 7) is 3.63. The standard InChI is InChI=1S/C18H18FNO3S/c1-3-18(21)17-11-13-10-14(19)6-9-16(13)20(17)24(22,23)15-7-4-12(2)5-8-15/h4-11,18,21H,3H2,1-2H3. The molecule has 0 radical (unpaired) electrons. The molecule has 126 valence electrons. The average molecular weight is 347 g/mol. The maximum Gasteiger partial charge on any atom is 0.268 e. The Balaban J connectivity index is 2.32. The molecule has 0 aliphatic rings. The van der Waals surface area contributed by atoms with E-state index in [9.17, 15) is 17.9 Å². The zero-order valence-electron chi connectivity index (χ0n) is 13.4. The third-order valence-electron chi connectivity index (χ3n) is 4.03. The Morgan fingerprint density at radius 2 is 1.79 bits per heavy atom. The molecule has 0 fully saturated rings. The van der Waals surface area contributed by atoms with E-state index in [0.29, 0.717) is 17.3 Å². The van der Waals surface area contributed by atoms with Gasteiger partial charge >= 0.3 is 0 Å². The van der Waals surface area contributed by atoms with E-state index >= 15 is 0 Å². The quantitative estimate of drug-likeness (QED) is 0.781. The van der Waals surface area contributed by atoms with E-state index in [4.69, 9.17) is 0 Å². The lowest BCUT2D eigenvalue weighted by Crippen LogP contribution is -2.17. The summed E-state index contributed by atoms with van der Waals surface area (Å²) in [5.74, 6) is -0.454. The van der Waals surface area contributed by atoms with Crippen molar-refractivity contribution < 1.29 is 17.9 Å². The highest BCUT2D eigenvalue weighted by molar-refractivity contribution is 7.90. The molecule has 6 heteroatoms. The number of hydrogen-bond acceptors (Lipinski definition) is 3. The molecule has 3 aromatic rings. The normalized spacial score (nSPS) is 13.3. The number of benzene rings is 2. The van der Waals surface area contributed by atoms with Gasteiger partial charge in [0, 0.05) is 5.39 Å². The first-order valence-electron chi connectivity index (χ1n) is 7.66. The Morgan fingerprint density at radius 3 is 2.42 bits per heavy atom. The van der Waals surface area contributed by atoms with Crippen molar-refractivity contribution in [1.82, 2.24) is 3.97 Å². The van der Waals surface area contributed by atoms with E-state index in [1.54, 1.807) is 19.1 Å². The van der Waals surface area contributed by atoms with Crippen LogP contribution in [0, 0.1) is 12.7 Å². The van der Waals surface area contributed by atoms with Crippen LogP contribution in [-0.4, -0.2) is 17.5 Å². The number of fused-ring (bicyclic) bond motifs is 1. The van der Waals surface area contributed by atoms with E-state index in [2.05, 4.69) is 0 Å². The molecule has 0 amide bonds. The molecule has 1 unspecified atom stereocenters. The highest BCUT2D eigenvalue weighted by Gasteiger charge is 2.25. The molecule has 0 saturated carbocycles. The second-order valence-corrected chi connectivity index (χ2v) is 7.57. The zero-order chi connectivity index (χ0) is 17.5. The summed E-state index contributed by atoms with van der Waals surface area (Å²) in [7, 11) is -3.90. The summed E-state index contributed by atoms with van der Waals surface area (Å²) in [5.41, 5.74) is 1.53. The molecule has 4 nitrogen and oxygen atoms in total. The van der Waals surface area contributed by atoms with Crippen molar-refractivity contribution in [3.63, 3.8) is 0 Å². The number of aromatic nitrogens is 1. The Kier molecular flexibility index (Phi) is 4.19. The molecule has 2 aromatic carbocycles. The van der Waals surface area contributed by atoms with E-state index in [1.807, 2.05) is 6.92 Å². The Labute approximate surface area is 140 Å². The van der Waals surface area contributed by atoms with Crippen molar-refractivity contribution in [2.75, 3.05) is 0 Å². The molecule has 0 aliphatic carbocycles. The van der Waals surface area contributed by atoms with Crippen molar-refractivity contribution in [1.29, 1.82) is 0 Å². The van der Waals surface area contributed by atoms with Gasteiger partial charge in [-0.25, -0.2) is 16.8 Å². The first-order valence-corrected chi connectivity index (χ1v) is 9.10. The maximum atomic E-state index is 13.5. The fourth-order valence-electron chi connectivity index (χ4n) is 2.71. The fraction of sp³-hybridized carbons (Fsp3) is 0.222. The molecule has 0 spiro atoms. The third-order valence-corrected chi connectivity index (χ3v) is 5.79. The summed E-state index contributed by atoms with van der Waals surface area (Å²) in [6.07, 6.45) is -0.608. The molecule has 1 heterocycles. The van der Waals surface area contributed by atoms with Crippen LogP contribution in [0.4, 0.5) is 4.39 Å². The topological polar surface area (TPSA) is 59.3 Å². The van der Waals surface area contributed by atoms with Crippen LogP contribution < -0.4 is 0 Å². The lowest BCUT2D eigenvalue weighted by Gasteiger charge is -2.15. The van der Waals surface area contributed by atoms with Crippen molar-refractivity contribution in [3.05, 3.63) is 65.6 Å². The van der Waals surface area contributed by atoms with E-state index in [-0.39, 0.29) is 10.6 Å². The van der Waals surface area contributed by atoms with Crippen molar-refractivity contribution in [2.24, 2.45) is 0 Å². The summed E-state index contributed by atoms with van der Waals surface area (Å²) < 4.78 is 40.8. The van der Waals surface area contributed by atoms with Crippen LogP contribution in [-0.2, 0) is 10.0 Å². The lowest BCUT2D eigenvalue weighted by atomic mass is 10.2. The average Bonchev–Trinajstić information content (AvgIpc) is 2.93. The number of halogens is 1. The number of nitrogens with zero attached hydrogens (tertiary/aromatic N) is 1. The molecule has 0 bridgehead atoms. The fourth-order valence-corrected chi connectivity index (χ4v) is 4.28. The number of aliphatic hydroxyl groups excluding tert-OH is 1. The van der Waals surface area contributed by atoms with Crippen molar-refractivity contribution in [3.8, 4) is 0 Å². The second-order valence-electron chi connectivity index (χ2n) is 5.78. The largest absolute Gasteiger partial charge is 0.387 e. The maximum absolute atomic E-state index is 13.5. The number of aliphatic hydroxyl groups is 1. The van der Waals surface area contributed by atoms with Gasteiger partial charge in [-0.2, -0.15) is 0 Å². The van der Waals surface area contributed by atoms with Gasteiger partial charge in [-0.15, -0.1) is 0 Å². The lowest BCUT2D eigenvalue weighted by molar-refractivity contribution is 0.168. The van der Waals surface area contributed by atoms with E-state index < -0.39 is 21.9 Å². The minimum Gasteiger partial charge on any atom is -0.387 e. The summed E-state index contributed by atoms with van der Waals surface area (Å²) >= 11 is 0. The Hall–Kier alpha value is -2.18. The van der Waals surface area contributed by atoms with Crippen LogP contribution in [0.2, 0.25) is 0 Å². The van der Waals surface area contributed by atoms with Gasteiger partial charge in [0.1, 0.15) is 5.82 Å². The van der Waals surface area contributed by atoms with Gasteiger partial charge in [0.2, 0.25) is 0 Å². The first-order chi connectivity index (χ1) is 11.3. The predicted molar refractivity (Wildman–Crippen MR) is 90.9 cm³/mol. The van der Waals surface area contributed by atoms with Gasteiger partial charge in [0.25, 0.3) is 10.0 Å². The molecular formula is C18H18FNO3S. The monoisotopic (exact) mass is 347 g/mol. The summed E-state index contributed by atoms with van der Waals surface area (Å²) in [5, 5.41) is 10.7. The minimum atomic E-state index is -3.90. The molecule has 24 heavy (non-hydrogen) atoms. The predicted octanol–water partition coefficient (Wildman–Crippen LogP) is 3.77. The second kappa shape index (κ2) is 6.03. The smallest absolute Gasteiger partial charge is 0.268 e. The van der Waals surface area contributed by atoms with Crippen molar-refractivity contribution in [2.45, 2.75) is 31.3 Å². The van der Waals surface area contributed by atoms with Gasteiger partial charge in [-0.1, -0.05) is 24.6 Å². The van der Waals surface area contributed by atoms with Crippen molar-refractivity contribution >= 4 is 20.9 Å². The highest BCUT2D eigenvalue weighted by atomic mass is 32.2. The van der Waals surface area contributed by atoms with Gasteiger partial charge in [-0.05, 0) is 49.7 Å². The summed E-state index contributed by atoms with van der Waals surface area (Å²) in [6, 6.07) is 11.9. The Morgan fingerprint density at radius 1 is 1.12 bits per heavy atom. The molecule has 1 N–H and O–H groups in total. The SMILES string of the molecule is CCC(O)c1cc2cc(F)ccc2n1S(=O)(=O)c1ccc(C)cc1. The van der Waals surface area contributed by atoms with E-state index in [1.165, 1.54) is 36.4 Å². The number of rotatable bonds is 4. The van der Waals surface area contributed by atoms with Crippen LogP contribution in [0.3, 0.4) is 0 Å². The number of aryl methyl sites for hydroxylation is 1. The van der Waals surface area contributed by atoms with Crippen LogP contribution in [0.25, 0.3) is 10.9 Å². The van der Waals surface area contributed by atoms with E-state index in [0.717, 1.165) is 9.54 Å². The third kappa shape index (κ3) is 2.72. The zero-order valence-corrected chi connectivity index (χ0v) is 14.2. The van der Waals surface area contributed by atoms with Gasteiger partial charge in [0.05, 0.1) is 22.2 Å². The van der Waals surface area contributed by atoms with Gasteiger partial charge in [-0.3, -0.25) is 0 Å². The molecule has 0 saturated heterocycles. The highest BCUT2D eigenvalue weighted by Crippen LogP contribution is 2.31. The molecule has 0 aliphatic heterocycles. The molecule has 3 rings (SSSR count). The molecule has 1 atom stereocenters. The molecule has 1 aromatic heterocycles. The van der Waals surface area contributed by atoms with Crippen LogP contribution in [0.15, 0.2) is 53.4 Å². The van der Waals surface area contributed by atoms with Crippen LogP contribution >= 0.6 is 0 Å². The van der Waals surface area contributed by atoms with Gasteiger partial charge < -0.3 is 5.11 Å². The molecular weight excluding hydrogens is 329 g/mol. The van der Waals surface area contributed by atoms with Gasteiger partial charge in [0.15, 0.2) is 0 Å². The number of hydrogen-bond donors (Lipinski definition) is 1.